The molecule has 0 aromatic heterocycles. The lowest BCUT2D eigenvalue weighted by Gasteiger charge is -2.40. The van der Waals surface area contributed by atoms with E-state index in [1.165, 1.54) is 25.8 Å². The maximum Gasteiger partial charge on any atom is 0.103 e. The average Bonchev–Trinajstić information content (AvgIpc) is 3.11. The minimum Gasteiger partial charge on any atom is -0.301 e. The van der Waals surface area contributed by atoms with Gasteiger partial charge in [0, 0.05) is 26.2 Å². The molecular formula is C13H23N3. The molecule has 2 fully saturated rings. The standard InChI is InChI=1S/C13H23N3/c1-13(2,11-14)16-9-7-15(8-10-16)6-5-12-3-4-12/h12H,3-10H2,1-2H3. The van der Waals surface area contributed by atoms with E-state index in [4.69, 9.17) is 5.26 Å². The molecule has 3 nitrogen and oxygen atoms in total. The minimum atomic E-state index is -0.289. The van der Waals surface area contributed by atoms with Crippen LogP contribution in [0.25, 0.3) is 0 Å². The molecule has 1 saturated carbocycles. The van der Waals surface area contributed by atoms with E-state index in [2.05, 4.69) is 15.9 Å². The van der Waals surface area contributed by atoms with Crippen LogP contribution in [0.1, 0.15) is 33.1 Å². The number of piperazine rings is 1. The van der Waals surface area contributed by atoms with Crippen molar-refractivity contribution in [1.29, 1.82) is 5.26 Å². The van der Waals surface area contributed by atoms with Gasteiger partial charge in [-0.2, -0.15) is 5.26 Å². The molecule has 0 radical (unpaired) electrons. The molecule has 0 spiro atoms. The van der Waals surface area contributed by atoms with Gasteiger partial charge in [0.2, 0.25) is 0 Å². The fourth-order valence-electron chi connectivity index (χ4n) is 2.37. The van der Waals surface area contributed by atoms with E-state index in [-0.39, 0.29) is 5.54 Å². The Bertz CT molecular complexity index is 267. The predicted octanol–water partition coefficient (Wildman–Crippen LogP) is 1.71. The lowest BCUT2D eigenvalue weighted by molar-refractivity contribution is 0.0788. The summed E-state index contributed by atoms with van der Waals surface area (Å²) in [5.74, 6) is 1.04. The first-order valence-corrected chi connectivity index (χ1v) is 6.50. The van der Waals surface area contributed by atoms with E-state index in [9.17, 15) is 0 Å². The molecule has 0 unspecified atom stereocenters. The van der Waals surface area contributed by atoms with Crippen molar-refractivity contribution >= 4 is 0 Å². The zero-order chi connectivity index (χ0) is 11.6. The lowest BCUT2D eigenvalue weighted by Crippen LogP contribution is -2.54. The Kier molecular flexibility index (Phi) is 3.51. The van der Waals surface area contributed by atoms with Crippen molar-refractivity contribution in [2.24, 2.45) is 5.92 Å². The molecule has 1 saturated heterocycles. The van der Waals surface area contributed by atoms with Crippen LogP contribution >= 0.6 is 0 Å². The van der Waals surface area contributed by atoms with Crippen LogP contribution < -0.4 is 0 Å². The van der Waals surface area contributed by atoms with Gasteiger partial charge in [-0.3, -0.25) is 4.90 Å². The molecule has 0 N–H and O–H groups in total. The van der Waals surface area contributed by atoms with E-state index >= 15 is 0 Å². The number of nitrogens with zero attached hydrogens (tertiary/aromatic N) is 3. The molecule has 2 rings (SSSR count). The quantitative estimate of drug-likeness (QED) is 0.724. The van der Waals surface area contributed by atoms with Gasteiger partial charge in [-0.25, -0.2) is 0 Å². The van der Waals surface area contributed by atoms with Crippen LogP contribution in [0, 0.1) is 17.2 Å². The molecular weight excluding hydrogens is 198 g/mol. The van der Waals surface area contributed by atoms with Crippen molar-refractivity contribution in [3.8, 4) is 6.07 Å². The molecule has 1 heterocycles. The van der Waals surface area contributed by atoms with Crippen molar-refractivity contribution in [3.63, 3.8) is 0 Å². The van der Waals surface area contributed by atoms with E-state index < -0.39 is 0 Å². The van der Waals surface area contributed by atoms with Crippen LogP contribution in [-0.2, 0) is 0 Å². The van der Waals surface area contributed by atoms with E-state index in [1.54, 1.807) is 0 Å². The van der Waals surface area contributed by atoms with Gasteiger partial charge in [0.05, 0.1) is 6.07 Å². The summed E-state index contributed by atoms with van der Waals surface area (Å²) in [6.45, 7) is 9.68. The molecule has 1 aliphatic carbocycles. The van der Waals surface area contributed by atoms with Crippen molar-refractivity contribution in [1.82, 2.24) is 9.80 Å². The zero-order valence-corrected chi connectivity index (χ0v) is 10.6. The highest BCUT2D eigenvalue weighted by atomic mass is 15.3. The van der Waals surface area contributed by atoms with E-state index in [0.29, 0.717) is 0 Å². The Morgan fingerprint density at radius 2 is 1.81 bits per heavy atom. The van der Waals surface area contributed by atoms with Crippen molar-refractivity contribution in [2.45, 2.75) is 38.6 Å². The van der Waals surface area contributed by atoms with Gasteiger partial charge >= 0.3 is 0 Å². The Hall–Kier alpha value is -0.590. The summed E-state index contributed by atoms with van der Waals surface area (Å²) in [4.78, 5) is 4.86. The first-order valence-electron chi connectivity index (χ1n) is 6.50. The highest BCUT2D eigenvalue weighted by Crippen LogP contribution is 2.32. The maximum absolute atomic E-state index is 9.09. The molecule has 3 heteroatoms. The molecule has 0 amide bonds. The molecule has 16 heavy (non-hydrogen) atoms. The van der Waals surface area contributed by atoms with Gasteiger partial charge in [-0.15, -0.1) is 0 Å². The van der Waals surface area contributed by atoms with Gasteiger partial charge in [0.15, 0.2) is 0 Å². The monoisotopic (exact) mass is 221 g/mol. The summed E-state index contributed by atoms with van der Waals surface area (Å²) in [7, 11) is 0. The third-order valence-corrected chi connectivity index (χ3v) is 3.99. The minimum absolute atomic E-state index is 0.289. The SMILES string of the molecule is CC(C)(C#N)N1CCN(CCC2CC2)CC1. The van der Waals surface area contributed by atoms with E-state index in [0.717, 1.165) is 32.1 Å². The fourth-order valence-corrected chi connectivity index (χ4v) is 2.37. The molecule has 0 aromatic carbocycles. The first kappa shape index (κ1) is 11.9. The second-order valence-corrected chi connectivity index (χ2v) is 5.73. The largest absolute Gasteiger partial charge is 0.301 e. The normalized spacial score (nSPS) is 24.3. The fraction of sp³-hybridized carbons (Fsp3) is 0.923. The number of rotatable bonds is 4. The first-order chi connectivity index (χ1) is 7.62. The zero-order valence-electron chi connectivity index (χ0n) is 10.6. The smallest absolute Gasteiger partial charge is 0.103 e. The van der Waals surface area contributed by atoms with Gasteiger partial charge in [0.1, 0.15) is 5.54 Å². The van der Waals surface area contributed by atoms with Crippen molar-refractivity contribution < 1.29 is 0 Å². The maximum atomic E-state index is 9.09. The third kappa shape index (κ3) is 2.96. The Balaban J connectivity index is 1.71. The molecule has 90 valence electrons. The van der Waals surface area contributed by atoms with Crippen LogP contribution in [0.3, 0.4) is 0 Å². The summed E-state index contributed by atoms with van der Waals surface area (Å²) >= 11 is 0. The number of hydrogen-bond acceptors (Lipinski definition) is 3. The molecule has 0 bridgehead atoms. The van der Waals surface area contributed by atoms with Crippen LogP contribution in [-0.4, -0.2) is 48.1 Å². The highest BCUT2D eigenvalue weighted by molar-refractivity contribution is 5.02. The molecule has 1 aliphatic heterocycles. The third-order valence-electron chi connectivity index (χ3n) is 3.99. The van der Waals surface area contributed by atoms with Crippen LogP contribution in [0.4, 0.5) is 0 Å². The Morgan fingerprint density at radius 1 is 1.19 bits per heavy atom. The lowest BCUT2D eigenvalue weighted by atomic mass is 10.0. The topological polar surface area (TPSA) is 30.3 Å². The second-order valence-electron chi connectivity index (χ2n) is 5.73. The summed E-state index contributed by atoms with van der Waals surface area (Å²) in [5.41, 5.74) is -0.289. The van der Waals surface area contributed by atoms with Gasteiger partial charge < -0.3 is 4.90 Å². The summed E-state index contributed by atoms with van der Waals surface area (Å²) in [6, 6.07) is 2.39. The van der Waals surface area contributed by atoms with Crippen molar-refractivity contribution in [3.05, 3.63) is 0 Å². The van der Waals surface area contributed by atoms with Crippen LogP contribution in [0.15, 0.2) is 0 Å². The van der Waals surface area contributed by atoms with Crippen LogP contribution in [0.2, 0.25) is 0 Å². The van der Waals surface area contributed by atoms with Crippen molar-refractivity contribution in [2.75, 3.05) is 32.7 Å². The van der Waals surface area contributed by atoms with Gasteiger partial charge in [-0.05, 0) is 32.7 Å². The molecule has 0 atom stereocenters. The second kappa shape index (κ2) is 4.73. The molecule has 2 aliphatic rings. The Labute approximate surface area is 99.0 Å². The van der Waals surface area contributed by atoms with E-state index in [1.807, 2.05) is 13.8 Å². The summed E-state index contributed by atoms with van der Waals surface area (Å²) in [5, 5.41) is 9.09. The summed E-state index contributed by atoms with van der Waals surface area (Å²) < 4.78 is 0. The molecule has 0 aromatic rings. The highest BCUT2D eigenvalue weighted by Gasteiger charge is 2.30. The van der Waals surface area contributed by atoms with Crippen LogP contribution in [0.5, 0.6) is 0 Å². The summed E-state index contributed by atoms with van der Waals surface area (Å²) in [6.07, 6.45) is 4.31. The van der Waals surface area contributed by atoms with Gasteiger partial charge in [0.25, 0.3) is 0 Å². The Morgan fingerprint density at radius 3 is 2.31 bits per heavy atom. The number of nitriles is 1. The predicted molar refractivity (Wildman–Crippen MR) is 65.0 cm³/mol. The van der Waals surface area contributed by atoms with Gasteiger partial charge in [-0.1, -0.05) is 12.8 Å². The average molecular weight is 221 g/mol. The number of hydrogen-bond donors (Lipinski definition) is 0.